The Bertz CT molecular complexity index is 700. The molecule has 0 heterocycles. The number of hydrogen-bond donors (Lipinski definition) is 2. The minimum Gasteiger partial charge on any atom is -0.494 e. The summed E-state index contributed by atoms with van der Waals surface area (Å²) in [4.78, 5) is 0.216. The summed E-state index contributed by atoms with van der Waals surface area (Å²) in [6, 6.07) is 13.3. The molecule has 0 saturated heterocycles. The van der Waals surface area contributed by atoms with Crippen molar-refractivity contribution >= 4 is 15.7 Å². The highest BCUT2D eigenvalue weighted by Crippen LogP contribution is 2.24. The first-order chi connectivity index (χ1) is 10.1. The topological polar surface area (TPSA) is 81.4 Å². The fourth-order valence-corrected chi connectivity index (χ4v) is 2.98. The maximum Gasteiger partial charge on any atom is 0.261 e. The number of nitrogens with one attached hydrogen (secondary N) is 1. The number of nitrogens with two attached hydrogens (primary N) is 1. The first kappa shape index (κ1) is 15.3. The lowest BCUT2D eigenvalue weighted by atomic mass is 10.2. The van der Waals surface area contributed by atoms with E-state index in [0.717, 1.165) is 5.56 Å². The molecule has 2 aromatic rings. The predicted octanol–water partition coefficient (Wildman–Crippen LogP) is 2.34. The van der Waals surface area contributed by atoms with Crippen LogP contribution < -0.4 is 15.2 Å². The Morgan fingerprint density at radius 2 is 1.86 bits per heavy atom. The van der Waals surface area contributed by atoms with Gasteiger partial charge in [-0.25, -0.2) is 8.42 Å². The van der Waals surface area contributed by atoms with Gasteiger partial charge in [-0.3, -0.25) is 4.72 Å². The van der Waals surface area contributed by atoms with Crippen LogP contribution in [0, 0.1) is 0 Å². The second-order valence-corrected chi connectivity index (χ2v) is 6.06. The summed E-state index contributed by atoms with van der Waals surface area (Å²) >= 11 is 0. The molecule has 0 unspecified atom stereocenters. The number of anilines is 1. The van der Waals surface area contributed by atoms with E-state index in [1.807, 2.05) is 6.92 Å². The van der Waals surface area contributed by atoms with E-state index >= 15 is 0 Å². The van der Waals surface area contributed by atoms with Gasteiger partial charge in [0.15, 0.2) is 0 Å². The molecular formula is C15H18N2O3S. The third-order valence-corrected chi connectivity index (χ3v) is 4.28. The second kappa shape index (κ2) is 6.60. The first-order valence-corrected chi connectivity index (χ1v) is 8.09. The smallest absolute Gasteiger partial charge is 0.261 e. The van der Waals surface area contributed by atoms with Crippen LogP contribution in [-0.4, -0.2) is 15.0 Å². The first-order valence-electron chi connectivity index (χ1n) is 6.60. The maximum absolute atomic E-state index is 12.2. The molecule has 0 aliphatic rings. The molecule has 0 aliphatic carbocycles. The third-order valence-electron chi connectivity index (χ3n) is 2.89. The lowest BCUT2D eigenvalue weighted by Crippen LogP contribution is -2.13. The molecule has 21 heavy (non-hydrogen) atoms. The van der Waals surface area contributed by atoms with Gasteiger partial charge >= 0.3 is 0 Å². The molecule has 0 radical (unpaired) electrons. The zero-order chi connectivity index (χ0) is 15.3. The molecule has 0 bridgehead atoms. The SMILES string of the molecule is CCOc1ccc(NS(=O)(=O)c2ccccc2)cc1CN. The van der Waals surface area contributed by atoms with Crippen LogP contribution >= 0.6 is 0 Å². The average Bonchev–Trinajstić information content (AvgIpc) is 2.49. The van der Waals surface area contributed by atoms with E-state index in [2.05, 4.69) is 4.72 Å². The standard InChI is InChI=1S/C15H18N2O3S/c1-2-20-15-9-8-13(10-12(15)11-16)17-21(18,19)14-6-4-3-5-7-14/h3-10,17H,2,11,16H2,1H3. The summed E-state index contributed by atoms with van der Waals surface area (Å²) in [5.41, 5.74) is 6.88. The molecule has 0 atom stereocenters. The number of hydrogen-bond acceptors (Lipinski definition) is 4. The van der Waals surface area contributed by atoms with Gasteiger partial charge in [0, 0.05) is 17.8 Å². The van der Waals surface area contributed by atoms with Crippen LogP contribution in [0.1, 0.15) is 12.5 Å². The molecule has 0 saturated carbocycles. The second-order valence-electron chi connectivity index (χ2n) is 4.38. The Kier molecular flexibility index (Phi) is 4.82. The van der Waals surface area contributed by atoms with Crippen LogP contribution in [0.5, 0.6) is 5.75 Å². The largest absolute Gasteiger partial charge is 0.494 e. The van der Waals surface area contributed by atoms with Crippen molar-refractivity contribution in [3.63, 3.8) is 0 Å². The molecule has 112 valence electrons. The normalized spacial score (nSPS) is 11.1. The van der Waals surface area contributed by atoms with E-state index in [1.54, 1.807) is 48.5 Å². The Morgan fingerprint density at radius 1 is 1.14 bits per heavy atom. The summed E-state index contributed by atoms with van der Waals surface area (Å²) in [7, 11) is -3.60. The zero-order valence-corrected chi connectivity index (χ0v) is 12.6. The van der Waals surface area contributed by atoms with Gasteiger partial charge < -0.3 is 10.5 Å². The molecule has 0 fully saturated rings. The van der Waals surface area contributed by atoms with Gasteiger partial charge in [0.05, 0.1) is 11.5 Å². The van der Waals surface area contributed by atoms with Crippen LogP contribution in [0.4, 0.5) is 5.69 Å². The highest BCUT2D eigenvalue weighted by Gasteiger charge is 2.14. The van der Waals surface area contributed by atoms with Crippen LogP contribution in [0.15, 0.2) is 53.4 Å². The van der Waals surface area contributed by atoms with Crippen molar-refractivity contribution in [2.75, 3.05) is 11.3 Å². The van der Waals surface area contributed by atoms with E-state index in [9.17, 15) is 8.42 Å². The predicted molar refractivity (Wildman–Crippen MR) is 82.8 cm³/mol. The molecule has 0 aromatic heterocycles. The van der Waals surface area contributed by atoms with Gasteiger partial charge in [0.2, 0.25) is 0 Å². The van der Waals surface area contributed by atoms with Gasteiger partial charge in [-0.1, -0.05) is 18.2 Å². The molecule has 3 N–H and O–H groups in total. The quantitative estimate of drug-likeness (QED) is 0.858. The third kappa shape index (κ3) is 3.74. The number of sulfonamides is 1. The minimum atomic E-state index is -3.60. The van der Waals surface area contributed by atoms with Crippen molar-refractivity contribution < 1.29 is 13.2 Å². The highest BCUT2D eigenvalue weighted by molar-refractivity contribution is 7.92. The van der Waals surface area contributed by atoms with Crippen LogP contribution in [0.25, 0.3) is 0 Å². The van der Waals surface area contributed by atoms with E-state index in [0.29, 0.717) is 18.0 Å². The van der Waals surface area contributed by atoms with Gasteiger partial charge in [-0.2, -0.15) is 0 Å². The molecule has 0 aliphatic heterocycles. The van der Waals surface area contributed by atoms with Crippen LogP contribution in [0.2, 0.25) is 0 Å². The molecule has 5 nitrogen and oxygen atoms in total. The molecule has 2 rings (SSSR count). The van der Waals surface area contributed by atoms with Crippen LogP contribution in [-0.2, 0) is 16.6 Å². The molecule has 0 amide bonds. The summed E-state index contributed by atoms with van der Waals surface area (Å²) in [6.45, 7) is 2.69. The molecule has 6 heteroatoms. The van der Waals surface area contributed by atoms with E-state index in [4.69, 9.17) is 10.5 Å². The average molecular weight is 306 g/mol. The van der Waals surface area contributed by atoms with Gasteiger partial charge in [0.25, 0.3) is 10.0 Å². The Balaban J connectivity index is 2.28. The summed E-state index contributed by atoms with van der Waals surface area (Å²) in [5.74, 6) is 0.669. The van der Waals surface area contributed by atoms with Gasteiger partial charge in [0.1, 0.15) is 5.75 Å². The highest BCUT2D eigenvalue weighted by atomic mass is 32.2. The van der Waals surface area contributed by atoms with Gasteiger partial charge in [-0.05, 0) is 37.3 Å². The Hall–Kier alpha value is -2.05. The van der Waals surface area contributed by atoms with Crippen molar-refractivity contribution in [2.45, 2.75) is 18.4 Å². The molecular weight excluding hydrogens is 288 g/mol. The number of benzene rings is 2. The fourth-order valence-electron chi connectivity index (χ4n) is 1.91. The lowest BCUT2D eigenvalue weighted by molar-refractivity contribution is 0.336. The number of rotatable bonds is 6. The number of ether oxygens (including phenoxy) is 1. The monoisotopic (exact) mass is 306 g/mol. The Morgan fingerprint density at radius 3 is 2.48 bits per heavy atom. The molecule has 2 aromatic carbocycles. The van der Waals surface area contributed by atoms with Crippen molar-refractivity contribution in [1.29, 1.82) is 0 Å². The van der Waals surface area contributed by atoms with Gasteiger partial charge in [-0.15, -0.1) is 0 Å². The maximum atomic E-state index is 12.2. The zero-order valence-electron chi connectivity index (χ0n) is 11.7. The summed E-state index contributed by atoms with van der Waals surface area (Å²) < 4.78 is 32.5. The van der Waals surface area contributed by atoms with E-state index in [1.165, 1.54) is 0 Å². The fraction of sp³-hybridized carbons (Fsp3) is 0.200. The Labute approximate surface area is 124 Å². The minimum absolute atomic E-state index is 0.216. The van der Waals surface area contributed by atoms with Crippen LogP contribution in [0.3, 0.4) is 0 Å². The van der Waals surface area contributed by atoms with E-state index in [-0.39, 0.29) is 11.4 Å². The lowest BCUT2D eigenvalue weighted by Gasteiger charge is -2.12. The van der Waals surface area contributed by atoms with Crippen molar-refractivity contribution in [2.24, 2.45) is 5.73 Å². The molecule has 0 spiro atoms. The van der Waals surface area contributed by atoms with E-state index < -0.39 is 10.0 Å². The summed E-state index contributed by atoms with van der Waals surface area (Å²) in [6.07, 6.45) is 0. The van der Waals surface area contributed by atoms with Crippen molar-refractivity contribution in [3.05, 3.63) is 54.1 Å². The van der Waals surface area contributed by atoms with Crippen molar-refractivity contribution in [1.82, 2.24) is 0 Å². The van der Waals surface area contributed by atoms with Crippen molar-refractivity contribution in [3.8, 4) is 5.75 Å². The summed E-state index contributed by atoms with van der Waals surface area (Å²) in [5, 5.41) is 0.